The van der Waals surface area contributed by atoms with Crippen LogP contribution in [0.5, 0.6) is 0 Å². The molecule has 5 rings (SSSR count). The number of fused-ring (bicyclic) bond motifs is 3. The summed E-state index contributed by atoms with van der Waals surface area (Å²) in [4.78, 5) is 53.5. The molecule has 2 aromatic carbocycles. The molecule has 2 N–H and O–H groups in total. The second-order valence-corrected chi connectivity index (χ2v) is 13.8. The molecule has 254 valence electrons. The Morgan fingerprint density at radius 3 is 2.19 bits per heavy atom. The molecule has 3 amide bonds. The predicted molar refractivity (Wildman–Crippen MR) is 178 cm³/mol. The number of rotatable bonds is 11. The molecule has 2 aromatic rings. The minimum atomic E-state index is -0.847. The topological polar surface area (TPSA) is 123 Å². The third-order valence-electron chi connectivity index (χ3n) is 9.15. The maximum Gasteiger partial charge on any atom is 0.410 e. The van der Waals surface area contributed by atoms with Crippen molar-refractivity contribution in [2.45, 2.75) is 115 Å². The minimum absolute atomic E-state index is 0.0150. The Hall–Kier alpha value is -4.08. The Labute approximate surface area is 277 Å². The van der Waals surface area contributed by atoms with Gasteiger partial charge in [0.25, 0.3) is 0 Å². The number of ether oxygens (including phenoxy) is 3. The summed E-state index contributed by atoms with van der Waals surface area (Å²) in [6.45, 7) is 6.39. The van der Waals surface area contributed by atoms with E-state index < -0.39 is 35.8 Å². The van der Waals surface area contributed by atoms with Gasteiger partial charge in [-0.3, -0.25) is 9.69 Å². The van der Waals surface area contributed by atoms with E-state index in [-0.39, 0.29) is 24.5 Å². The Kier molecular flexibility index (Phi) is 11.4. The van der Waals surface area contributed by atoms with E-state index in [9.17, 15) is 19.2 Å². The minimum Gasteiger partial charge on any atom is -0.461 e. The molecule has 1 saturated carbocycles. The van der Waals surface area contributed by atoms with Crippen molar-refractivity contribution in [2.75, 3.05) is 19.7 Å². The first kappa shape index (κ1) is 34.3. The molecule has 47 heavy (non-hydrogen) atoms. The van der Waals surface area contributed by atoms with Crippen molar-refractivity contribution in [1.29, 1.82) is 0 Å². The molecule has 0 aromatic heterocycles. The number of nitrogens with zero attached hydrogens (tertiary/aromatic N) is 1. The largest absolute Gasteiger partial charge is 0.461 e. The summed E-state index contributed by atoms with van der Waals surface area (Å²) in [6.07, 6.45) is 6.33. The molecule has 1 saturated heterocycles. The van der Waals surface area contributed by atoms with Crippen LogP contribution in [0.4, 0.5) is 9.59 Å². The van der Waals surface area contributed by atoms with Crippen LogP contribution >= 0.6 is 0 Å². The van der Waals surface area contributed by atoms with Crippen LogP contribution in [0.3, 0.4) is 0 Å². The number of carbonyl (C=O) groups is 4. The second kappa shape index (κ2) is 15.7. The molecule has 1 heterocycles. The van der Waals surface area contributed by atoms with Gasteiger partial charge in [0, 0.05) is 19.0 Å². The number of hydrogen-bond donors (Lipinski definition) is 2. The Morgan fingerprint density at radius 1 is 0.872 bits per heavy atom. The monoisotopic (exact) mass is 647 g/mol. The van der Waals surface area contributed by atoms with Crippen molar-refractivity contribution in [3.8, 4) is 11.1 Å². The van der Waals surface area contributed by atoms with Gasteiger partial charge in [-0.1, -0.05) is 55.0 Å². The highest BCUT2D eigenvalue weighted by molar-refractivity contribution is 5.90. The quantitative estimate of drug-likeness (QED) is 0.163. The molecular weight excluding hydrogens is 598 g/mol. The summed E-state index contributed by atoms with van der Waals surface area (Å²) in [5, 5.41) is 5.71. The molecule has 3 aliphatic rings. The normalized spacial score (nSPS) is 18.5. The number of unbranched alkanes of at least 4 members (excludes halogenated alkanes) is 1. The zero-order chi connectivity index (χ0) is 33.4. The van der Waals surface area contributed by atoms with Gasteiger partial charge in [0.1, 0.15) is 30.4 Å². The van der Waals surface area contributed by atoms with Crippen molar-refractivity contribution in [3.63, 3.8) is 0 Å². The average Bonchev–Trinajstić information content (AvgIpc) is 3.66. The summed E-state index contributed by atoms with van der Waals surface area (Å²) in [5.74, 6) is -0.842. The van der Waals surface area contributed by atoms with Gasteiger partial charge >= 0.3 is 18.2 Å². The SMILES string of the molecule is CC(C)(C)OC(=O)N1CCC[C@H]1C(=O)N[C@@H](CCCCNC(=O)OCC1c2ccccc2-c2ccccc21)C(=O)OC1CCCCC1. The lowest BCUT2D eigenvalue weighted by Gasteiger charge is -2.29. The number of alkyl carbamates (subject to hydrolysis) is 1. The Morgan fingerprint density at radius 2 is 1.53 bits per heavy atom. The summed E-state index contributed by atoms with van der Waals surface area (Å²) in [7, 11) is 0. The lowest BCUT2D eigenvalue weighted by Crippen LogP contribution is -2.52. The van der Waals surface area contributed by atoms with Gasteiger partial charge < -0.3 is 24.8 Å². The van der Waals surface area contributed by atoms with Crippen LogP contribution in [0.25, 0.3) is 11.1 Å². The van der Waals surface area contributed by atoms with E-state index in [1.54, 1.807) is 20.8 Å². The van der Waals surface area contributed by atoms with Crippen molar-refractivity contribution in [3.05, 3.63) is 59.7 Å². The van der Waals surface area contributed by atoms with E-state index in [4.69, 9.17) is 14.2 Å². The van der Waals surface area contributed by atoms with Crippen LogP contribution in [-0.2, 0) is 23.8 Å². The lowest BCUT2D eigenvalue weighted by atomic mass is 9.97. The molecule has 10 nitrogen and oxygen atoms in total. The van der Waals surface area contributed by atoms with E-state index in [1.165, 1.54) is 16.0 Å². The lowest BCUT2D eigenvalue weighted by molar-refractivity contribution is -0.155. The van der Waals surface area contributed by atoms with Crippen molar-refractivity contribution < 1.29 is 33.4 Å². The molecule has 0 bridgehead atoms. The molecule has 2 atom stereocenters. The molecular formula is C37H49N3O7. The number of likely N-dealkylation sites (tertiary alicyclic amines) is 1. The fourth-order valence-corrected chi connectivity index (χ4v) is 6.84. The van der Waals surface area contributed by atoms with Gasteiger partial charge in [0.15, 0.2) is 0 Å². The highest BCUT2D eigenvalue weighted by Crippen LogP contribution is 2.44. The molecule has 0 unspecified atom stereocenters. The number of esters is 1. The van der Waals surface area contributed by atoms with E-state index in [2.05, 4.69) is 34.9 Å². The van der Waals surface area contributed by atoms with Gasteiger partial charge in [-0.25, -0.2) is 14.4 Å². The van der Waals surface area contributed by atoms with Crippen LogP contribution in [0.1, 0.15) is 102 Å². The average molecular weight is 648 g/mol. The maximum absolute atomic E-state index is 13.4. The van der Waals surface area contributed by atoms with Crippen LogP contribution in [-0.4, -0.2) is 72.4 Å². The third kappa shape index (κ3) is 9.05. The number of nitrogens with one attached hydrogen (secondary N) is 2. The number of amides is 3. The fourth-order valence-electron chi connectivity index (χ4n) is 6.84. The fraction of sp³-hybridized carbons (Fsp3) is 0.568. The van der Waals surface area contributed by atoms with Gasteiger partial charge in [-0.05, 0) is 101 Å². The van der Waals surface area contributed by atoms with E-state index in [0.29, 0.717) is 45.2 Å². The first-order valence-electron chi connectivity index (χ1n) is 17.2. The number of hydrogen-bond acceptors (Lipinski definition) is 7. The molecule has 2 aliphatic carbocycles. The zero-order valence-electron chi connectivity index (χ0n) is 27.9. The van der Waals surface area contributed by atoms with Gasteiger partial charge in [-0.2, -0.15) is 0 Å². The van der Waals surface area contributed by atoms with Gasteiger partial charge in [-0.15, -0.1) is 0 Å². The van der Waals surface area contributed by atoms with Crippen molar-refractivity contribution in [2.24, 2.45) is 0 Å². The van der Waals surface area contributed by atoms with E-state index >= 15 is 0 Å². The van der Waals surface area contributed by atoms with Crippen LogP contribution in [0.2, 0.25) is 0 Å². The zero-order valence-corrected chi connectivity index (χ0v) is 27.9. The van der Waals surface area contributed by atoms with E-state index in [0.717, 1.165) is 43.2 Å². The number of benzene rings is 2. The summed E-state index contributed by atoms with van der Waals surface area (Å²) < 4.78 is 17.0. The highest BCUT2D eigenvalue weighted by Gasteiger charge is 2.38. The highest BCUT2D eigenvalue weighted by atomic mass is 16.6. The van der Waals surface area contributed by atoms with Crippen LogP contribution < -0.4 is 10.6 Å². The summed E-state index contributed by atoms with van der Waals surface area (Å²) in [6, 6.07) is 14.8. The predicted octanol–water partition coefficient (Wildman–Crippen LogP) is 6.46. The summed E-state index contributed by atoms with van der Waals surface area (Å²) >= 11 is 0. The van der Waals surface area contributed by atoms with Gasteiger partial charge in [0.2, 0.25) is 5.91 Å². The van der Waals surface area contributed by atoms with Crippen molar-refractivity contribution in [1.82, 2.24) is 15.5 Å². The van der Waals surface area contributed by atoms with E-state index in [1.807, 2.05) is 24.3 Å². The molecule has 0 spiro atoms. The first-order chi connectivity index (χ1) is 22.6. The molecule has 0 radical (unpaired) electrons. The molecule has 2 fully saturated rings. The van der Waals surface area contributed by atoms with Crippen LogP contribution in [0, 0.1) is 0 Å². The smallest absolute Gasteiger partial charge is 0.410 e. The molecule has 1 aliphatic heterocycles. The third-order valence-corrected chi connectivity index (χ3v) is 9.15. The first-order valence-corrected chi connectivity index (χ1v) is 17.2. The summed E-state index contributed by atoms with van der Waals surface area (Å²) in [5.41, 5.74) is 3.97. The van der Waals surface area contributed by atoms with Crippen LogP contribution in [0.15, 0.2) is 48.5 Å². The van der Waals surface area contributed by atoms with Crippen molar-refractivity contribution >= 4 is 24.1 Å². The second-order valence-electron chi connectivity index (χ2n) is 13.8. The standard InChI is InChI=1S/C37H49N3O7/c1-37(2,3)47-36(44)40-23-13-21-32(40)33(41)39-31(34(42)46-25-14-5-4-6-15-25)20-11-12-22-38-35(43)45-24-30-28-18-9-7-16-26(28)27-17-8-10-19-29(27)30/h7-10,16-19,25,30-32H,4-6,11-15,20-24H2,1-3H3,(H,38,43)(H,39,41)/t31-,32-/m0/s1. The maximum atomic E-state index is 13.4. The Bertz CT molecular complexity index is 1370. The number of carbonyl (C=O) groups excluding carboxylic acids is 4. The Balaban J connectivity index is 1.10. The molecule has 10 heteroatoms. The van der Waals surface area contributed by atoms with Gasteiger partial charge in [0.05, 0.1) is 0 Å².